The van der Waals surface area contributed by atoms with E-state index in [1.165, 1.54) is 24.3 Å². The van der Waals surface area contributed by atoms with E-state index < -0.39 is 9.84 Å². The molecule has 2 rings (SSSR count). The summed E-state index contributed by atoms with van der Waals surface area (Å²) in [6, 6.07) is 9.45. The maximum Gasteiger partial charge on any atom is 0.251 e. The number of furan rings is 1. The Morgan fingerprint density at radius 3 is 2.35 bits per heavy atom. The Kier molecular flexibility index (Phi) is 5.23. The molecule has 1 aromatic heterocycles. The average Bonchev–Trinajstić information content (AvgIpc) is 3.00. The van der Waals surface area contributed by atoms with Gasteiger partial charge in [-0.05, 0) is 50.5 Å². The third-order valence-electron chi connectivity index (χ3n) is 3.50. The first-order valence-electron chi connectivity index (χ1n) is 7.07. The zero-order chi connectivity index (χ0) is 17.0. The van der Waals surface area contributed by atoms with Crippen molar-refractivity contribution in [1.29, 1.82) is 0 Å². The number of rotatable bonds is 6. The average molecular weight is 336 g/mol. The molecule has 1 N–H and O–H groups in total. The Balaban J connectivity index is 2.04. The normalized spacial score (nSPS) is 13.0. The highest BCUT2D eigenvalue weighted by molar-refractivity contribution is 7.90. The fraction of sp³-hybridized carbons (Fsp3) is 0.312. The molecule has 0 saturated carbocycles. The number of nitrogens with one attached hydrogen (secondary N) is 1. The number of carbonyl (C=O) groups excluding carboxylic acids is 1. The lowest BCUT2D eigenvalue weighted by Gasteiger charge is -2.22. The largest absolute Gasteiger partial charge is 0.468 e. The molecule has 2 aromatic rings. The van der Waals surface area contributed by atoms with Crippen molar-refractivity contribution in [2.24, 2.45) is 0 Å². The first-order chi connectivity index (χ1) is 10.8. The molecule has 23 heavy (non-hydrogen) atoms. The van der Waals surface area contributed by atoms with Crippen molar-refractivity contribution in [3.63, 3.8) is 0 Å². The number of hydrogen-bond donors (Lipinski definition) is 1. The SMILES string of the molecule is CN(C)[C@H](CNC(=O)c1ccc(S(C)(=O)=O)cc1)c1ccco1. The summed E-state index contributed by atoms with van der Waals surface area (Å²) in [4.78, 5) is 14.3. The van der Waals surface area contributed by atoms with Gasteiger partial charge in [-0.3, -0.25) is 9.69 Å². The van der Waals surface area contributed by atoms with Gasteiger partial charge in [-0.15, -0.1) is 0 Å². The van der Waals surface area contributed by atoms with Crippen LogP contribution >= 0.6 is 0 Å². The van der Waals surface area contributed by atoms with Gasteiger partial charge < -0.3 is 9.73 Å². The molecule has 1 amide bonds. The molecule has 1 heterocycles. The minimum atomic E-state index is -3.26. The molecule has 0 radical (unpaired) electrons. The second-order valence-corrected chi connectivity index (χ2v) is 7.52. The van der Waals surface area contributed by atoms with E-state index in [4.69, 9.17) is 4.42 Å². The lowest BCUT2D eigenvalue weighted by molar-refractivity contribution is 0.0939. The molecule has 0 aliphatic rings. The smallest absolute Gasteiger partial charge is 0.251 e. The summed E-state index contributed by atoms with van der Waals surface area (Å²) in [5.41, 5.74) is 0.411. The van der Waals surface area contributed by atoms with Gasteiger partial charge in [0.15, 0.2) is 9.84 Å². The summed E-state index contributed by atoms with van der Waals surface area (Å²) < 4.78 is 28.2. The summed E-state index contributed by atoms with van der Waals surface area (Å²) >= 11 is 0. The summed E-state index contributed by atoms with van der Waals surface area (Å²) in [6.45, 7) is 0.382. The maximum atomic E-state index is 12.2. The highest BCUT2D eigenvalue weighted by Gasteiger charge is 2.18. The molecule has 1 aromatic carbocycles. The lowest BCUT2D eigenvalue weighted by Crippen LogP contribution is -2.34. The number of nitrogens with zero attached hydrogens (tertiary/aromatic N) is 1. The van der Waals surface area contributed by atoms with E-state index >= 15 is 0 Å². The van der Waals surface area contributed by atoms with E-state index in [-0.39, 0.29) is 16.8 Å². The van der Waals surface area contributed by atoms with Crippen LogP contribution in [0.25, 0.3) is 0 Å². The van der Waals surface area contributed by atoms with E-state index in [1.807, 2.05) is 25.1 Å². The molecule has 0 fully saturated rings. The molecule has 0 aliphatic heterocycles. The van der Waals surface area contributed by atoms with E-state index in [2.05, 4.69) is 5.32 Å². The van der Waals surface area contributed by atoms with Crippen LogP contribution < -0.4 is 5.32 Å². The second-order valence-electron chi connectivity index (χ2n) is 5.50. The van der Waals surface area contributed by atoms with Crippen molar-refractivity contribution in [3.05, 3.63) is 54.0 Å². The van der Waals surface area contributed by atoms with Gasteiger partial charge in [-0.1, -0.05) is 0 Å². The second kappa shape index (κ2) is 6.97. The van der Waals surface area contributed by atoms with Crippen LogP contribution in [-0.4, -0.2) is 46.1 Å². The molecule has 124 valence electrons. The predicted octanol–water partition coefficient (Wildman–Crippen LogP) is 1.72. The summed E-state index contributed by atoms with van der Waals surface area (Å²) in [6.07, 6.45) is 2.73. The Labute approximate surface area is 136 Å². The van der Waals surface area contributed by atoms with Gasteiger partial charge in [0.1, 0.15) is 5.76 Å². The highest BCUT2D eigenvalue weighted by atomic mass is 32.2. The Bertz CT molecular complexity index is 750. The van der Waals surface area contributed by atoms with Crippen molar-refractivity contribution in [3.8, 4) is 0 Å². The quantitative estimate of drug-likeness (QED) is 0.869. The fourth-order valence-corrected chi connectivity index (χ4v) is 2.79. The standard InChI is InChI=1S/C16H20N2O4S/c1-18(2)14(15-5-4-10-22-15)11-17-16(19)12-6-8-13(9-7-12)23(3,20)21/h4-10,14H,11H2,1-3H3,(H,17,19)/t14-/m1/s1. The first-order valence-corrected chi connectivity index (χ1v) is 8.96. The van der Waals surface area contributed by atoms with Crippen LogP contribution in [0.2, 0.25) is 0 Å². The molecular weight excluding hydrogens is 316 g/mol. The molecule has 0 aliphatic carbocycles. The van der Waals surface area contributed by atoms with E-state index in [0.717, 1.165) is 12.0 Å². The van der Waals surface area contributed by atoms with Gasteiger partial charge in [0, 0.05) is 18.4 Å². The summed E-state index contributed by atoms with van der Waals surface area (Å²) in [7, 11) is 0.543. The van der Waals surface area contributed by atoms with Crippen LogP contribution in [0.1, 0.15) is 22.2 Å². The van der Waals surface area contributed by atoms with Gasteiger partial charge in [-0.25, -0.2) is 8.42 Å². The van der Waals surface area contributed by atoms with Gasteiger partial charge in [0.25, 0.3) is 5.91 Å². The minimum absolute atomic E-state index is 0.0794. The van der Waals surface area contributed by atoms with Crippen LogP contribution in [0, 0.1) is 0 Å². The van der Waals surface area contributed by atoms with Gasteiger partial charge in [0.2, 0.25) is 0 Å². The molecular formula is C16H20N2O4S. The first kappa shape index (κ1) is 17.2. The fourth-order valence-electron chi connectivity index (χ4n) is 2.16. The topological polar surface area (TPSA) is 79.6 Å². The Morgan fingerprint density at radius 2 is 1.87 bits per heavy atom. The Morgan fingerprint density at radius 1 is 1.22 bits per heavy atom. The van der Waals surface area contributed by atoms with Crippen molar-refractivity contribution >= 4 is 15.7 Å². The highest BCUT2D eigenvalue weighted by Crippen LogP contribution is 2.18. The number of likely N-dealkylation sites (N-methyl/N-ethyl adjacent to an activating group) is 1. The van der Waals surface area contributed by atoms with Crippen LogP contribution in [0.4, 0.5) is 0 Å². The number of benzene rings is 1. The van der Waals surface area contributed by atoms with Gasteiger partial charge >= 0.3 is 0 Å². The summed E-state index contributed by atoms with van der Waals surface area (Å²) in [5.74, 6) is 0.506. The lowest BCUT2D eigenvalue weighted by atomic mass is 10.2. The van der Waals surface area contributed by atoms with Crippen LogP contribution in [0.3, 0.4) is 0 Å². The van der Waals surface area contributed by atoms with Gasteiger partial charge in [0.05, 0.1) is 17.2 Å². The van der Waals surface area contributed by atoms with Crippen molar-refractivity contribution in [2.75, 3.05) is 26.9 Å². The number of carbonyl (C=O) groups is 1. The number of amides is 1. The third-order valence-corrected chi connectivity index (χ3v) is 4.62. The van der Waals surface area contributed by atoms with Gasteiger partial charge in [-0.2, -0.15) is 0 Å². The molecule has 0 unspecified atom stereocenters. The van der Waals surface area contributed by atoms with Crippen molar-refractivity contribution in [2.45, 2.75) is 10.9 Å². The zero-order valence-corrected chi connectivity index (χ0v) is 14.1. The molecule has 0 saturated heterocycles. The molecule has 0 spiro atoms. The number of hydrogen-bond acceptors (Lipinski definition) is 5. The molecule has 7 heteroatoms. The molecule has 0 bridgehead atoms. The van der Waals surface area contributed by atoms with Crippen LogP contribution in [-0.2, 0) is 9.84 Å². The van der Waals surface area contributed by atoms with E-state index in [9.17, 15) is 13.2 Å². The number of sulfone groups is 1. The third kappa shape index (κ3) is 4.43. The maximum absolute atomic E-state index is 12.2. The molecule has 6 nitrogen and oxygen atoms in total. The molecule has 1 atom stereocenters. The zero-order valence-electron chi connectivity index (χ0n) is 13.3. The van der Waals surface area contributed by atoms with Crippen LogP contribution in [0.15, 0.2) is 52.0 Å². The van der Waals surface area contributed by atoms with Crippen molar-refractivity contribution in [1.82, 2.24) is 10.2 Å². The monoisotopic (exact) mass is 336 g/mol. The predicted molar refractivity (Wildman–Crippen MR) is 87.0 cm³/mol. The Hall–Kier alpha value is -2.12. The van der Waals surface area contributed by atoms with E-state index in [1.54, 1.807) is 12.3 Å². The van der Waals surface area contributed by atoms with Crippen molar-refractivity contribution < 1.29 is 17.6 Å². The van der Waals surface area contributed by atoms with E-state index in [0.29, 0.717) is 12.1 Å². The summed E-state index contributed by atoms with van der Waals surface area (Å²) in [5, 5.41) is 2.84. The minimum Gasteiger partial charge on any atom is -0.468 e. The van der Waals surface area contributed by atoms with Crippen LogP contribution in [0.5, 0.6) is 0 Å².